The van der Waals surface area contributed by atoms with Gasteiger partial charge in [0.2, 0.25) is 0 Å². The first-order chi connectivity index (χ1) is 10.2. The molecule has 0 aromatic heterocycles. The molecule has 0 atom stereocenters. The predicted octanol–water partition coefficient (Wildman–Crippen LogP) is 3.27. The summed E-state index contributed by atoms with van der Waals surface area (Å²) >= 11 is 9.54. The van der Waals surface area contributed by atoms with Crippen molar-refractivity contribution in [1.82, 2.24) is 0 Å². The highest BCUT2D eigenvalue weighted by Crippen LogP contribution is 2.39. The number of thiocarbonyl (C=S) groups is 1. The van der Waals surface area contributed by atoms with Gasteiger partial charge >= 0.3 is 7.12 Å². The van der Waals surface area contributed by atoms with Crippen molar-refractivity contribution in [2.75, 3.05) is 5.75 Å². The van der Waals surface area contributed by atoms with Crippen molar-refractivity contribution < 1.29 is 9.31 Å². The Kier molecular flexibility index (Phi) is 5.07. The van der Waals surface area contributed by atoms with Crippen molar-refractivity contribution in [2.45, 2.75) is 38.9 Å². The van der Waals surface area contributed by atoms with E-state index in [0.29, 0.717) is 10.7 Å². The molecule has 0 spiro atoms. The van der Waals surface area contributed by atoms with Crippen molar-refractivity contribution in [1.29, 1.82) is 0 Å². The van der Waals surface area contributed by atoms with Gasteiger partial charge in [0, 0.05) is 11.3 Å². The SMILES string of the molecule is CC1(C)OB(C(=Cc2ccccc2C(N)=S)CS)OC1(C)C. The minimum atomic E-state index is -0.415. The van der Waals surface area contributed by atoms with E-state index in [0.717, 1.165) is 16.6 Å². The molecule has 0 saturated carbocycles. The van der Waals surface area contributed by atoms with E-state index in [4.69, 9.17) is 27.3 Å². The van der Waals surface area contributed by atoms with E-state index in [1.54, 1.807) is 0 Å². The van der Waals surface area contributed by atoms with Crippen molar-refractivity contribution in [2.24, 2.45) is 5.73 Å². The second kappa shape index (κ2) is 6.36. The van der Waals surface area contributed by atoms with E-state index in [2.05, 4.69) is 12.6 Å². The molecule has 1 heterocycles. The van der Waals surface area contributed by atoms with Gasteiger partial charge < -0.3 is 15.0 Å². The summed E-state index contributed by atoms with van der Waals surface area (Å²) in [7, 11) is -0.415. The van der Waals surface area contributed by atoms with Crippen molar-refractivity contribution in [3.63, 3.8) is 0 Å². The summed E-state index contributed by atoms with van der Waals surface area (Å²) < 4.78 is 12.2. The van der Waals surface area contributed by atoms with E-state index in [-0.39, 0.29) is 11.2 Å². The molecule has 1 aromatic carbocycles. The molecule has 2 N–H and O–H groups in total. The molecule has 6 heteroatoms. The van der Waals surface area contributed by atoms with Crippen LogP contribution in [0, 0.1) is 0 Å². The van der Waals surface area contributed by atoms with Crippen LogP contribution in [0.15, 0.2) is 29.7 Å². The monoisotopic (exact) mass is 335 g/mol. The summed E-state index contributed by atoms with van der Waals surface area (Å²) in [6, 6.07) is 7.76. The van der Waals surface area contributed by atoms with Crippen molar-refractivity contribution >= 4 is 43.0 Å². The Balaban J connectivity index is 2.36. The second-order valence-corrected chi connectivity index (χ2v) is 7.17. The first kappa shape index (κ1) is 17.5. The summed E-state index contributed by atoms with van der Waals surface area (Å²) in [6.45, 7) is 8.14. The maximum absolute atomic E-state index is 6.09. The lowest BCUT2D eigenvalue weighted by Gasteiger charge is -2.32. The zero-order chi connectivity index (χ0) is 16.5. The van der Waals surface area contributed by atoms with Crippen LogP contribution in [-0.2, 0) is 9.31 Å². The highest BCUT2D eigenvalue weighted by molar-refractivity contribution is 7.80. The maximum Gasteiger partial charge on any atom is 0.491 e. The van der Waals surface area contributed by atoms with Crippen LogP contribution in [0.2, 0.25) is 0 Å². The molecule has 3 nitrogen and oxygen atoms in total. The fourth-order valence-electron chi connectivity index (χ4n) is 2.23. The molecule has 0 unspecified atom stereocenters. The van der Waals surface area contributed by atoms with Crippen LogP contribution in [0.4, 0.5) is 0 Å². The smallest absolute Gasteiger partial charge is 0.400 e. The molecule has 1 aliphatic rings. The number of thiol groups is 1. The third-order valence-corrected chi connectivity index (χ3v) is 4.89. The third kappa shape index (κ3) is 3.40. The van der Waals surface area contributed by atoms with E-state index in [1.807, 2.05) is 58.0 Å². The molecule has 118 valence electrons. The van der Waals surface area contributed by atoms with Crippen LogP contribution in [0.3, 0.4) is 0 Å². The zero-order valence-corrected chi connectivity index (χ0v) is 15.1. The molecule has 22 heavy (non-hydrogen) atoms. The molecule has 1 aliphatic heterocycles. The van der Waals surface area contributed by atoms with Crippen molar-refractivity contribution in [3.05, 3.63) is 40.9 Å². The Morgan fingerprint density at radius 1 is 1.23 bits per heavy atom. The van der Waals surface area contributed by atoms with Crippen molar-refractivity contribution in [3.8, 4) is 0 Å². The van der Waals surface area contributed by atoms with Gasteiger partial charge in [-0.25, -0.2) is 0 Å². The van der Waals surface area contributed by atoms with Gasteiger partial charge in [0.05, 0.1) is 11.2 Å². The maximum atomic E-state index is 6.09. The molecular weight excluding hydrogens is 313 g/mol. The number of nitrogens with two attached hydrogens (primary N) is 1. The van der Waals surface area contributed by atoms with Gasteiger partial charge in [-0.15, -0.1) is 0 Å². The summed E-state index contributed by atoms with van der Waals surface area (Å²) in [6.07, 6.45) is 2.00. The fourth-order valence-corrected chi connectivity index (χ4v) is 2.66. The molecule has 0 bridgehead atoms. The average molecular weight is 335 g/mol. The number of hydrogen-bond donors (Lipinski definition) is 2. The van der Waals surface area contributed by atoms with E-state index < -0.39 is 7.12 Å². The summed E-state index contributed by atoms with van der Waals surface area (Å²) in [5, 5.41) is 0. The first-order valence-corrected chi connectivity index (χ1v) is 8.28. The normalized spacial score (nSPS) is 20.2. The van der Waals surface area contributed by atoms with Gasteiger partial charge in [0.15, 0.2) is 0 Å². The predicted molar refractivity (Wildman–Crippen MR) is 100 cm³/mol. The van der Waals surface area contributed by atoms with Crippen LogP contribution in [-0.4, -0.2) is 29.1 Å². The first-order valence-electron chi connectivity index (χ1n) is 7.24. The Morgan fingerprint density at radius 3 is 2.27 bits per heavy atom. The zero-order valence-electron chi connectivity index (χ0n) is 13.4. The highest BCUT2D eigenvalue weighted by Gasteiger charge is 2.52. The average Bonchev–Trinajstić information content (AvgIpc) is 2.64. The Hall–Kier alpha value is -0.815. The Labute approximate surface area is 143 Å². The molecule has 0 aliphatic carbocycles. The molecule has 1 fully saturated rings. The Bertz CT molecular complexity index is 598. The van der Waals surface area contributed by atoms with Gasteiger partial charge in [-0.3, -0.25) is 0 Å². The number of hydrogen-bond acceptors (Lipinski definition) is 4. The lowest BCUT2D eigenvalue weighted by atomic mass is 9.78. The van der Waals surface area contributed by atoms with Crippen LogP contribution in [0.5, 0.6) is 0 Å². The van der Waals surface area contributed by atoms with Gasteiger partial charge in [-0.2, -0.15) is 12.6 Å². The molecule has 0 amide bonds. The third-order valence-electron chi connectivity index (χ3n) is 4.31. The van der Waals surface area contributed by atoms with Gasteiger partial charge in [0.1, 0.15) is 4.99 Å². The summed E-state index contributed by atoms with van der Waals surface area (Å²) in [5.74, 6) is 0.530. The van der Waals surface area contributed by atoms with Crippen LogP contribution in [0.1, 0.15) is 38.8 Å². The minimum absolute atomic E-state index is 0.373. The topological polar surface area (TPSA) is 44.5 Å². The van der Waals surface area contributed by atoms with E-state index in [1.165, 1.54) is 0 Å². The number of benzene rings is 1. The number of rotatable bonds is 4. The summed E-state index contributed by atoms with van der Waals surface area (Å²) in [5.41, 5.74) is 7.79. The minimum Gasteiger partial charge on any atom is -0.400 e. The van der Waals surface area contributed by atoms with Crippen LogP contribution in [0.25, 0.3) is 6.08 Å². The van der Waals surface area contributed by atoms with Crippen LogP contribution < -0.4 is 5.73 Å². The molecule has 1 saturated heterocycles. The van der Waals surface area contributed by atoms with Crippen LogP contribution >= 0.6 is 24.8 Å². The lowest BCUT2D eigenvalue weighted by Crippen LogP contribution is -2.41. The van der Waals surface area contributed by atoms with E-state index >= 15 is 0 Å². The quantitative estimate of drug-likeness (QED) is 0.504. The van der Waals surface area contributed by atoms with E-state index in [9.17, 15) is 0 Å². The lowest BCUT2D eigenvalue weighted by molar-refractivity contribution is 0.00578. The van der Waals surface area contributed by atoms with Gasteiger partial charge in [-0.1, -0.05) is 42.6 Å². The largest absolute Gasteiger partial charge is 0.491 e. The molecule has 1 aromatic rings. The van der Waals surface area contributed by atoms with Gasteiger partial charge in [0.25, 0.3) is 0 Å². The highest BCUT2D eigenvalue weighted by atomic mass is 32.1. The molecule has 0 radical (unpaired) electrons. The molecule has 2 rings (SSSR count). The molecular formula is C16H22BNO2S2. The fraction of sp³-hybridized carbons (Fsp3) is 0.438. The Morgan fingerprint density at radius 2 is 1.77 bits per heavy atom. The summed E-state index contributed by atoms with van der Waals surface area (Å²) in [4.78, 5) is 0.374. The van der Waals surface area contributed by atoms with Gasteiger partial charge in [-0.05, 0) is 38.7 Å². The second-order valence-electron chi connectivity index (χ2n) is 6.42. The standard InChI is InChI=1S/C16H22BNO2S2/c1-15(2)16(3,4)20-17(19-15)12(10-21)9-11-7-5-6-8-13(11)14(18)22/h5-9,21H,10H2,1-4H3,(H2,18,22).